The molecule has 3 heterocycles. The second kappa shape index (κ2) is 6.88. The molecule has 2 aromatic rings. The summed E-state index contributed by atoms with van der Waals surface area (Å²) >= 11 is 0. The van der Waals surface area contributed by atoms with E-state index in [-0.39, 0.29) is 5.91 Å². The normalized spacial score (nSPS) is 22.1. The predicted molar refractivity (Wildman–Crippen MR) is 103 cm³/mol. The molecule has 138 valence electrons. The van der Waals surface area contributed by atoms with Gasteiger partial charge in [-0.1, -0.05) is 37.3 Å². The molecule has 26 heavy (non-hydrogen) atoms. The van der Waals surface area contributed by atoms with E-state index < -0.39 is 0 Å². The lowest BCUT2D eigenvalue weighted by Crippen LogP contribution is -2.37. The van der Waals surface area contributed by atoms with Crippen molar-refractivity contribution in [2.24, 2.45) is 0 Å². The maximum atomic E-state index is 12.8. The zero-order chi connectivity index (χ0) is 18.3. The highest BCUT2D eigenvalue weighted by Crippen LogP contribution is 2.35. The summed E-state index contributed by atoms with van der Waals surface area (Å²) in [5.41, 5.74) is 2.85. The van der Waals surface area contributed by atoms with Gasteiger partial charge in [-0.05, 0) is 25.8 Å². The van der Waals surface area contributed by atoms with Crippen molar-refractivity contribution in [3.63, 3.8) is 0 Å². The van der Waals surface area contributed by atoms with Gasteiger partial charge in [0.1, 0.15) is 11.5 Å². The smallest absolute Gasteiger partial charge is 0.273 e. The lowest BCUT2D eigenvalue weighted by Gasteiger charge is -2.27. The van der Waals surface area contributed by atoms with Crippen molar-refractivity contribution >= 4 is 5.91 Å². The first-order valence-electron chi connectivity index (χ1n) is 9.72. The van der Waals surface area contributed by atoms with Crippen molar-refractivity contribution < 1.29 is 4.79 Å². The predicted octanol–water partition coefficient (Wildman–Crippen LogP) is 3.05. The molecule has 4 rings (SSSR count). The lowest BCUT2D eigenvalue weighted by atomic mass is 10.0. The Balaban J connectivity index is 1.83. The largest absolute Gasteiger partial charge is 0.343 e. The van der Waals surface area contributed by atoms with Crippen molar-refractivity contribution in [2.75, 3.05) is 20.6 Å². The first-order chi connectivity index (χ1) is 12.6. The molecule has 0 aliphatic carbocycles. The molecule has 5 heteroatoms. The van der Waals surface area contributed by atoms with E-state index in [9.17, 15) is 4.79 Å². The Bertz CT molecular complexity index is 796. The van der Waals surface area contributed by atoms with Crippen LogP contribution in [0.2, 0.25) is 0 Å². The van der Waals surface area contributed by atoms with Gasteiger partial charge < -0.3 is 9.47 Å². The molecule has 2 aliphatic rings. The van der Waals surface area contributed by atoms with Gasteiger partial charge in [-0.25, -0.2) is 4.98 Å². The minimum absolute atomic E-state index is 0.00995. The van der Waals surface area contributed by atoms with Crippen LogP contribution in [0.4, 0.5) is 0 Å². The fourth-order valence-corrected chi connectivity index (χ4v) is 4.57. The number of hydrogen-bond acceptors (Lipinski definition) is 3. The summed E-state index contributed by atoms with van der Waals surface area (Å²) in [7, 11) is 3.62. The average Bonchev–Trinajstić information content (AvgIpc) is 3.12. The summed E-state index contributed by atoms with van der Waals surface area (Å²) in [4.78, 5) is 22.0. The van der Waals surface area contributed by atoms with Crippen LogP contribution in [-0.2, 0) is 13.0 Å². The monoisotopic (exact) mass is 352 g/mol. The third-order valence-electron chi connectivity index (χ3n) is 5.79. The Kier molecular flexibility index (Phi) is 4.57. The number of imidazole rings is 1. The minimum atomic E-state index is 0.00995. The van der Waals surface area contributed by atoms with E-state index in [1.165, 1.54) is 19.3 Å². The van der Waals surface area contributed by atoms with Crippen LogP contribution in [0.3, 0.4) is 0 Å². The first kappa shape index (κ1) is 17.3. The van der Waals surface area contributed by atoms with Crippen molar-refractivity contribution in [3.05, 3.63) is 41.7 Å². The summed E-state index contributed by atoms with van der Waals surface area (Å²) in [6.07, 6.45) is 4.57. The van der Waals surface area contributed by atoms with Crippen LogP contribution in [0, 0.1) is 0 Å². The van der Waals surface area contributed by atoms with Crippen LogP contribution in [0.25, 0.3) is 11.4 Å². The van der Waals surface area contributed by atoms with Crippen LogP contribution in [0.1, 0.15) is 42.4 Å². The number of nitrogens with zero attached hydrogens (tertiary/aromatic N) is 4. The second-order valence-electron chi connectivity index (χ2n) is 7.73. The zero-order valence-corrected chi connectivity index (χ0v) is 16.0. The Morgan fingerprint density at radius 1 is 1.19 bits per heavy atom. The van der Waals surface area contributed by atoms with Crippen LogP contribution in [-0.4, -0.2) is 58.0 Å². The Hall–Kier alpha value is -2.14. The Morgan fingerprint density at radius 3 is 2.62 bits per heavy atom. The fourth-order valence-electron chi connectivity index (χ4n) is 4.57. The molecule has 2 bridgehead atoms. The first-order valence-corrected chi connectivity index (χ1v) is 9.72. The van der Waals surface area contributed by atoms with Gasteiger partial charge in [0.25, 0.3) is 5.91 Å². The maximum absolute atomic E-state index is 12.8. The zero-order valence-electron chi connectivity index (χ0n) is 16.0. The highest BCUT2D eigenvalue weighted by molar-refractivity contribution is 5.94. The summed E-state index contributed by atoms with van der Waals surface area (Å²) in [6, 6.07) is 11.4. The number of rotatable bonds is 4. The molecule has 1 aromatic carbocycles. The van der Waals surface area contributed by atoms with Crippen LogP contribution >= 0.6 is 0 Å². The fraction of sp³-hybridized carbons (Fsp3) is 0.524. The third kappa shape index (κ3) is 2.84. The molecule has 1 aromatic heterocycles. The maximum Gasteiger partial charge on any atom is 0.273 e. The summed E-state index contributed by atoms with van der Waals surface area (Å²) < 4.78 is 2.33. The molecule has 1 fully saturated rings. The molecule has 2 aliphatic heterocycles. The molecule has 1 amide bonds. The molecule has 0 saturated carbocycles. The van der Waals surface area contributed by atoms with Crippen LogP contribution in [0.15, 0.2) is 30.3 Å². The molecular weight excluding hydrogens is 324 g/mol. The Morgan fingerprint density at radius 2 is 1.92 bits per heavy atom. The van der Waals surface area contributed by atoms with E-state index in [0.717, 1.165) is 36.6 Å². The number of carbonyl (C=O) groups excluding carboxylic acids is 1. The van der Waals surface area contributed by atoms with Crippen LogP contribution in [0.5, 0.6) is 0 Å². The van der Waals surface area contributed by atoms with Crippen molar-refractivity contribution in [2.45, 2.75) is 51.2 Å². The molecule has 2 unspecified atom stereocenters. The SMILES string of the molecule is CCCN1C2CCC1Cn1c(-c3ccccc3)nc(C(=O)N(C)C)c1C2. The Labute approximate surface area is 155 Å². The number of fused-ring (bicyclic) bond motifs is 3. The van der Waals surface area contributed by atoms with Gasteiger partial charge in [0, 0.05) is 44.7 Å². The lowest BCUT2D eigenvalue weighted by molar-refractivity contribution is 0.0821. The number of carbonyl (C=O) groups is 1. The topological polar surface area (TPSA) is 41.4 Å². The van der Waals surface area contributed by atoms with Gasteiger partial charge in [-0.3, -0.25) is 9.69 Å². The molecule has 2 atom stereocenters. The molecule has 0 radical (unpaired) electrons. The highest BCUT2D eigenvalue weighted by Gasteiger charge is 2.39. The molecule has 5 nitrogen and oxygen atoms in total. The highest BCUT2D eigenvalue weighted by atomic mass is 16.2. The standard InChI is InChI=1S/C21H28N4O/c1-4-12-24-16-10-11-17(24)14-25-18(13-16)19(21(26)23(2)3)22-20(25)15-8-6-5-7-9-15/h5-9,16-17H,4,10-14H2,1-3H3. The summed E-state index contributed by atoms with van der Waals surface area (Å²) in [5, 5.41) is 0. The van der Waals surface area contributed by atoms with Gasteiger partial charge in [0.15, 0.2) is 0 Å². The second-order valence-corrected chi connectivity index (χ2v) is 7.73. The molecule has 0 N–H and O–H groups in total. The molecule has 0 spiro atoms. The van der Waals surface area contributed by atoms with Gasteiger partial charge in [-0.15, -0.1) is 0 Å². The van der Waals surface area contributed by atoms with E-state index >= 15 is 0 Å². The number of hydrogen-bond donors (Lipinski definition) is 0. The van der Waals surface area contributed by atoms with Gasteiger partial charge in [0.2, 0.25) is 0 Å². The minimum Gasteiger partial charge on any atom is -0.343 e. The van der Waals surface area contributed by atoms with Crippen LogP contribution < -0.4 is 0 Å². The van der Waals surface area contributed by atoms with Gasteiger partial charge >= 0.3 is 0 Å². The van der Waals surface area contributed by atoms with E-state index in [4.69, 9.17) is 4.98 Å². The molecule has 1 saturated heterocycles. The van der Waals surface area contributed by atoms with Gasteiger partial charge in [-0.2, -0.15) is 0 Å². The van der Waals surface area contributed by atoms with Crippen molar-refractivity contribution in [3.8, 4) is 11.4 Å². The van der Waals surface area contributed by atoms with E-state index in [1.54, 1.807) is 4.90 Å². The third-order valence-corrected chi connectivity index (χ3v) is 5.79. The van der Waals surface area contributed by atoms with E-state index in [0.29, 0.717) is 17.8 Å². The van der Waals surface area contributed by atoms with E-state index in [2.05, 4.69) is 28.5 Å². The quantitative estimate of drug-likeness (QED) is 0.849. The average molecular weight is 352 g/mol. The van der Waals surface area contributed by atoms with Gasteiger partial charge in [0.05, 0.1) is 5.69 Å². The number of benzene rings is 1. The summed E-state index contributed by atoms with van der Waals surface area (Å²) in [6.45, 7) is 4.33. The summed E-state index contributed by atoms with van der Waals surface area (Å²) in [5.74, 6) is 0.950. The van der Waals surface area contributed by atoms with Crippen molar-refractivity contribution in [1.82, 2.24) is 19.4 Å². The van der Waals surface area contributed by atoms with E-state index in [1.807, 2.05) is 32.3 Å². The van der Waals surface area contributed by atoms with Crippen molar-refractivity contribution in [1.29, 1.82) is 0 Å². The molecular formula is C21H28N4O. The number of amides is 1. The number of aromatic nitrogens is 2.